The fourth-order valence-corrected chi connectivity index (χ4v) is 4.06. The molecule has 2 aliphatic carbocycles. The first-order valence-electron chi connectivity index (χ1n) is 10.7. The number of carbonyl (C=O) groups is 2. The number of carbonyl (C=O) groups excluding carboxylic acids is 2. The number of guanidine groups is 1. The van der Waals surface area contributed by atoms with E-state index in [4.69, 9.17) is 0 Å². The van der Waals surface area contributed by atoms with Gasteiger partial charge in [0.15, 0.2) is 5.96 Å². The van der Waals surface area contributed by atoms with Crippen molar-refractivity contribution in [2.75, 3.05) is 26.7 Å². The largest absolute Gasteiger partial charge is 0.356 e. The minimum absolute atomic E-state index is 0. The van der Waals surface area contributed by atoms with Crippen molar-refractivity contribution in [2.24, 2.45) is 10.9 Å². The second-order valence-corrected chi connectivity index (χ2v) is 8.19. The van der Waals surface area contributed by atoms with E-state index in [1.807, 2.05) is 4.90 Å². The zero-order chi connectivity index (χ0) is 19.1. The van der Waals surface area contributed by atoms with Crippen molar-refractivity contribution in [3.8, 4) is 0 Å². The molecule has 3 fully saturated rings. The maximum atomic E-state index is 12.7. The summed E-state index contributed by atoms with van der Waals surface area (Å²) >= 11 is 0. The van der Waals surface area contributed by atoms with Gasteiger partial charge in [-0.3, -0.25) is 14.6 Å². The molecule has 160 valence electrons. The molecule has 3 N–H and O–H groups in total. The summed E-state index contributed by atoms with van der Waals surface area (Å²) in [6.45, 7) is 2.32. The number of nitrogens with zero attached hydrogens (tertiary/aromatic N) is 2. The van der Waals surface area contributed by atoms with Gasteiger partial charge in [0.2, 0.25) is 11.8 Å². The highest BCUT2D eigenvalue weighted by Gasteiger charge is 2.31. The zero-order valence-corrected chi connectivity index (χ0v) is 19.4. The van der Waals surface area contributed by atoms with Gasteiger partial charge in [0.05, 0.1) is 0 Å². The molecule has 0 radical (unpaired) electrons. The smallest absolute Gasteiger partial charge is 0.225 e. The SMILES string of the molecule is CN=C(NCCCC(=O)NC1CC1)NC1CCN(C(=O)C2CCCCC2)C1.I. The molecule has 2 amide bonds. The highest BCUT2D eigenvalue weighted by Crippen LogP contribution is 2.26. The highest BCUT2D eigenvalue weighted by molar-refractivity contribution is 14.0. The Morgan fingerprint density at radius 3 is 2.43 bits per heavy atom. The average molecular weight is 505 g/mol. The Kier molecular flexibility index (Phi) is 9.81. The van der Waals surface area contributed by atoms with Gasteiger partial charge >= 0.3 is 0 Å². The maximum Gasteiger partial charge on any atom is 0.225 e. The van der Waals surface area contributed by atoms with Gasteiger partial charge in [-0.05, 0) is 38.5 Å². The third-order valence-corrected chi connectivity index (χ3v) is 5.83. The van der Waals surface area contributed by atoms with E-state index in [0.717, 1.165) is 64.1 Å². The van der Waals surface area contributed by atoms with Gasteiger partial charge in [0, 0.05) is 51.1 Å². The first-order chi connectivity index (χ1) is 13.2. The molecule has 3 aliphatic rings. The van der Waals surface area contributed by atoms with Gasteiger partial charge < -0.3 is 20.9 Å². The molecule has 3 rings (SSSR count). The number of rotatable bonds is 7. The molecule has 2 saturated carbocycles. The lowest BCUT2D eigenvalue weighted by atomic mass is 9.88. The predicted molar refractivity (Wildman–Crippen MR) is 122 cm³/mol. The van der Waals surface area contributed by atoms with Crippen LogP contribution < -0.4 is 16.0 Å². The quantitative estimate of drug-likeness (QED) is 0.214. The van der Waals surface area contributed by atoms with Gasteiger partial charge in [-0.1, -0.05) is 19.3 Å². The Morgan fingerprint density at radius 1 is 1.00 bits per heavy atom. The Bertz CT molecular complexity index is 547. The second-order valence-electron chi connectivity index (χ2n) is 8.19. The first kappa shape index (κ1) is 23.2. The van der Waals surface area contributed by atoms with Crippen LogP contribution in [-0.2, 0) is 9.59 Å². The Balaban J connectivity index is 0.00000280. The number of aliphatic imine (C=N–C) groups is 1. The third kappa shape index (κ3) is 7.40. The number of halogens is 1. The van der Waals surface area contributed by atoms with E-state index >= 15 is 0 Å². The Hall–Kier alpha value is -1.06. The molecule has 0 spiro atoms. The van der Waals surface area contributed by atoms with Crippen LogP contribution in [0.1, 0.15) is 64.2 Å². The molecular formula is C20H36IN5O2. The molecule has 1 atom stereocenters. The van der Waals surface area contributed by atoms with E-state index in [1.54, 1.807) is 7.05 Å². The van der Waals surface area contributed by atoms with Crippen LogP contribution in [0.4, 0.5) is 0 Å². The van der Waals surface area contributed by atoms with E-state index in [0.29, 0.717) is 18.4 Å². The number of hydrogen-bond acceptors (Lipinski definition) is 3. The minimum Gasteiger partial charge on any atom is -0.356 e. The lowest BCUT2D eigenvalue weighted by Gasteiger charge is -2.26. The van der Waals surface area contributed by atoms with E-state index in [-0.39, 0.29) is 41.8 Å². The van der Waals surface area contributed by atoms with Crippen molar-refractivity contribution in [1.82, 2.24) is 20.9 Å². The maximum absolute atomic E-state index is 12.7. The van der Waals surface area contributed by atoms with Crippen molar-refractivity contribution < 1.29 is 9.59 Å². The summed E-state index contributed by atoms with van der Waals surface area (Å²) in [5.41, 5.74) is 0. The Labute approximate surface area is 185 Å². The van der Waals surface area contributed by atoms with Crippen LogP contribution in [0.5, 0.6) is 0 Å². The van der Waals surface area contributed by atoms with Gasteiger partial charge in [0.1, 0.15) is 0 Å². The fourth-order valence-electron chi connectivity index (χ4n) is 4.06. The second kappa shape index (κ2) is 11.8. The minimum atomic E-state index is 0. The van der Waals surface area contributed by atoms with Gasteiger partial charge in [-0.15, -0.1) is 24.0 Å². The number of nitrogens with one attached hydrogen (secondary N) is 3. The summed E-state index contributed by atoms with van der Waals surface area (Å²) < 4.78 is 0. The molecule has 1 unspecified atom stereocenters. The average Bonchev–Trinajstić information content (AvgIpc) is 3.38. The van der Waals surface area contributed by atoms with Crippen molar-refractivity contribution >= 4 is 41.8 Å². The van der Waals surface area contributed by atoms with Crippen molar-refractivity contribution in [3.05, 3.63) is 0 Å². The van der Waals surface area contributed by atoms with Crippen LogP contribution in [0, 0.1) is 5.92 Å². The normalized spacial score (nSPS) is 23.1. The molecule has 7 nitrogen and oxygen atoms in total. The number of likely N-dealkylation sites (tertiary alicyclic amines) is 1. The molecule has 1 heterocycles. The molecule has 0 aromatic carbocycles. The lowest BCUT2D eigenvalue weighted by Crippen LogP contribution is -2.45. The van der Waals surface area contributed by atoms with Gasteiger partial charge in [-0.25, -0.2) is 0 Å². The van der Waals surface area contributed by atoms with Crippen LogP contribution in [0.15, 0.2) is 4.99 Å². The molecule has 1 saturated heterocycles. The fraction of sp³-hybridized carbons (Fsp3) is 0.850. The summed E-state index contributed by atoms with van der Waals surface area (Å²) in [6.07, 6.45) is 10.3. The van der Waals surface area contributed by atoms with Gasteiger partial charge in [-0.2, -0.15) is 0 Å². The summed E-state index contributed by atoms with van der Waals surface area (Å²) in [5, 5.41) is 9.72. The summed E-state index contributed by atoms with van der Waals surface area (Å²) in [7, 11) is 1.76. The third-order valence-electron chi connectivity index (χ3n) is 5.83. The van der Waals surface area contributed by atoms with E-state index in [1.165, 1.54) is 19.3 Å². The van der Waals surface area contributed by atoms with E-state index < -0.39 is 0 Å². The molecule has 1 aliphatic heterocycles. The summed E-state index contributed by atoms with van der Waals surface area (Å²) in [5.74, 6) is 1.50. The van der Waals surface area contributed by atoms with Crippen LogP contribution in [0.3, 0.4) is 0 Å². The van der Waals surface area contributed by atoms with Crippen molar-refractivity contribution in [2.45, 2.75) is 76.3 Å². The summed E-state index contributed by atoms with van der Waals surface area (Å²) in [6, 6.07) is 0.684. The van der Waals surface area contributed by atoms with Crippen LogP contribution in [0.25, 0.3) is 0 Å². The van der Waals surface area contributed by atoms with Crippen molar-refractivity contribution in [1.29, 1.82) is 0 Å². The molecular weight excluding hydrogens is 469 g/mol. The van der Waals surface area contributed by atoms with Crippen LogP contribution in [0.2, 0.25) is 0 Å². The zero-order valence-electron chi connectivity index (χ0n) is 17.0. The molecule has 28 heavy (non-hydrogen) atoms. The summed E-state index contributed by atoms with van der Waals surface area (Å²) in [4.78, 5) is 30.7. The highest BCUT2D eigenvalue weighted by atomic mass is 127. The standard InChI is InChI=1S/C20H35N5O2.HI/c1-21-20(22-12-5-8-18(26)23-16-9-10-16)24-17-11-13-25(14-17)19(27)15-6-3-2-4-7-15;/h15-17H,2-14H2,1H3,(H,23,26)(H2,21,22,24);1H. The molecule has 0 aromatic heterocycles. The number of hydrogen-bond donors (Lipinski definition) is 3. The van der Waals surface area contributed by atoms with Gasteiger partial charge in [0.25, 0.3) is 0 Å². The first-order valence-corrected chi connectivity index (χ1v) is 10.7. The van der Waals surface area contributed by atoms with Crippen molar-refractivity contribution in [3.63, 3.8) is 0 Å². The lowest BCUT2D eigenvalue weighted by molar-refractivity contribution is -0.135. The Morgan fingerprint density at radius 2 is 1.75 bits per heavy atom. The molecule has 8 heteroatoms. The van der Waals surface area contributed by atoms with Crippen LogP contribution in [-0.4, -0.2) is 61.4 Å². The molecule has 0 bridgehead atoms. The number of amides is 2. The topological polar surface area (TPSA) is 85.8 Å². The predicted octanol–water partition coefficient (Wildman–Crippen LogP) is 2.01. The molecule has 0 aromatic rings. The van der Waals surface area contributed by atoms with Crippen LogP contribution >= 0.6 is 24.0 Å². The van der Waals surface area contributed by atoms with E-state index in [2.05, 4.69) is 20.9 Å². The monoisotopic (exact) mass is 505 g/mol. The van der Waals surface area contributed by atoms with E-state index in [9.17, 15) is 9.59 Å².